The molecule has 0 atom stereocenters. The number of rotatable bonds is 4. The Bertz CT molecular complexity index is 584. The van der Waals surface area contributed by atoms with Crippen molar-refractivity contribution in [1.29, 1.82) is 0 Å². The Morgan fingerprint density at radius 1 is 1.00 bits per heavy atom. The van der Waals surface area contributed by atoms with Crippen LogP contribution in [0.5, 0.6) is 0 Å². The van der Waals surface area contributed by atoms with E-state index in [2.05, 4.69) is 58.4 Å². The Morgan fingerprint density at radius 2 is 1.67 bits per heavy atom. The van der Waals surface area contributed by atoms with Crippen LogP contribution in [0.4, 0.5) is 23.1 Å². The summed E-state index contributed by atoms with van der Waals surface area (Å²) in [6.07, 6.45) is 1.75. The number of hydrogen-bond acceptors (Lipinski definition) is 5. The SMILES string of the molecule is CN(C)c1ccc(Nc2nccc(NC(C)(C)C)n2)cc1. The Morgan fingerprint density at radius 3 is 2.24 bits per heavy atom. The molecule has 0 unspecified atom stereocenters. The monoisotopic (exact) mass is 285 g/mol. The first kappa shape index (κ1) is 15.1. The van der Waals surface area contributed by atoms with Gasteiger partial charge in [-0.3, -0.25) is 0 Å². The van der Waals surface area contributed by atoms with Crippen molar-refractivity contribution in [2.24, 2.45) is 0 Å². The first-order valence-electron chi connectivity index (χ1n) is 6.99. The molecule has 21 heavy (non-hydrogen) atoms. The van der Waals surface area contributed by atoms with Crippen LogP contribution in [0, 0.1) is 0 Å². The molecule has 0 spiro atoms. The van der Waals surface area contributed by atoms with Crippen LogP contribution in [0.1, 0.15) is 20.8 Å². The van der Waals surface area contributed by atoms with Gasteiger partial charge in [0.25, 0.3) is 0 Å². The fourth-order valence-corrected chi connectivity index (χ4v) is 1.84. The highest BCUT2D eigenvalue weighted by Crippen LogP contribution is 2.19. The zero-order valence-electron chi connectivity index (χ0n) is 13.3. The lowest BCUT2D eigenvalue weighted by Gasteiger charge is -2.21. The summed E-state index contributed by atoms with van der Waals surface area (Å²) in [5, 5.41) is 6.55. The minimum Gasteiger partial charge on any atom is -0.378 e. The minimum atomic E-state index is -0.0288. The molecule has 0 saturated heterocycles. The van der Waals surface area contributed by atoms with Gasteiger partial charge in [-0.25, -0.2) is 4.98 Å². The molecule has 2 rings (SSSR count). The van der Waals surface area contributed by atoms with E-state index in [-0.39, 0.29) is 5.54 Å². The lowest BCUT2D eigenvalue weighted by Crippen LogP contribution is -2.26. The number of benzene rings is 1. The van der Waals surface area contributed by atoms with Gasteiger partial charge >= 0.3 is 0 Å². The van der Waals surface area contributed by atoms with E-state index in [0.29, 0.717) is 5.95 Å². The second kappa shape index (κ2) is 5.99. The van der Waals surface area contributed by atoms with E-state index in [4.69, 9.17) is 0 Å². The molecule has 5 heteroatoms. The minimum absolute atomic E-state index is 0.0288. The summed E-state index contributed by atoms with van der Waals surface area (Å²) in [4.78, 5) is 10.8. The van der Waals surface area contributed by atoms with Crippen molar-refractivity contribution in [3.05, 3.63) is 36.5 Å². The van der Waals surface area contributed by atoms with Gasteiger partial charge in [-0.15, -0.1) is 0 Å². The molecule has 2 aromatic rings. The van der Waals surface area contributed by atoms with Gasteiger partial charge in [0.05, 0.1) is 0 Å². The van der Waals surface area contributed by atoms with Crippen LogP contribution < -0.4 is 15.5 Å². The quantitative estimate of drug-likeness (QED) is 0.900. The summed E-state index contributed by atoms with van der Waals surface area (Å²) < 4.78 is 0. The fourth-order valence-electron chi connectivity index (χ4n) is 1.84. The average Bonchev–Trinajstić information content (AvgIpc) is 2.37. The first-order valence-corrected chi connectivity index (χ1v) is 6.99. The molecule has 1 aromatic heterocycles. The molecule has 0 fully saturated rings. The maximum atomic E-state index is 4.47. The molecule has 1 aromatic carbocycles. The molecule has 112 valence electrons. The summed E-state index contributed by atoms with van der Waals surface area (Å²) in [6, 6.07) is 10.0. The van der Waals surface area contributed by atoms with Crippen molar-refractivity contribution < 1.29 is 0 Å². The lowest BCUT2D eigenvalue weighted by molar-refractivity contribution is 0.630. The number of hydrogen-bond donors (Lipinski definition) is 2. The molecule has 0 radical (unpaired) electrons. The molecule has 1 heterocycles. The predicted molar refractivity (Wildman–Crippen MR) is 89.5 cm³/mol. The van der Waals surface area contributed by atoms with E-state index in [1.807, 2.05) is 32.3 Å². The Kier molecular flexibility index (Phi) is 4.31. The van der Waals surface area contributed by atoms with Crippen LogP contribution >= 0.6 is 0 Å². The average molecular weight is 285 g/mol. The topological polar surface area (TPSA) is 53.1 Å². The van der Waals surface area contributed by atoms with Gasteiger partial charge < -0.3 is 15.5 Å². The van der Waals surface area contributed by atoms with Crippen molar-refractivity contribution in [2.75, 3.05) is 29.6 Å². The molecule has 2 N–H and O–H groups in total. The zero-order valence-corrected chi connectivity index (χ0v) is 13.3. The molecular weight excluding hydrogens is 262 g/mol. The van der Waals surface area contributed by atoms with Crippen LogP contribution in [-0.2, 0) is 0 Å². The van der Waals surface area contributed by atoms with Gasteiger partial charge in [0, 0.05) is 37.2 Å². The molecule has 0 aliphatic heterocycles. The normalized spacial score (nSPS) is 11.1. The third-order valence-electron chi connectivity index (χ3n) is 2.80. The molecule has 5 nitrogen and oxygen atoms in total. The highest BCUT2D eigenvalue weighted by Gasteiger charge is 2.10. The third kappa shape index (κ3) is 4.63. The predicted octanol–water partition coefficient (Wildman–Crippen LogP) is 3.50. The van der Waals surface area contributed by atoms with E-state index in [1.54, 1.807) is 6.20 Å². The largest absolute Gasteiger partial charge is 0.378 e. The zero-order chi connectivity index (χ0) is 15.5. The van der Waals surface area contributed by atoms with Crippen molar-refractivity contribution in [1.82, 2.24) is 9.97 Å². The summed E-state index contributed by atoms with van der Waals surface area (Å²) in [5.41, 5.74) is 2.09. The second-order valence-corrected chi connectivity index (χ2v) is 6.21. The van der Waals surface area contributed by atoms with Crippen LogP contribution in [0.25, 0.3) is 0 Å². The van der Waals surface area contributed by atoms with E-state index in [0.717, 1.165) is 17.2 Å². The summed E-state index contributed by atoms with van der Waals surface area (Å²) in [7, 11) is 4.04. The van der Waals surface area contributed by atoms with Crippen LogP contribution in [0.3, 0.4) is 0 Å². The van der Waals surface area contributed by atoms with E-state index >= 15 is 0 Å². The Labute approximate surface area is 126 Å². The van der Waals surface area contributed by atoms with E-state index in [1.165, 1.54) is 0 Å². The highest BCUT2D eigenvalue weighted by atomic mass is 15.2. The van der Waals surface area contributed by atoms with Crippen molar-refractivity contribution in [2.45, 2.75) is 26.3 Å². The van der Waals surface area contributed by atoms with Gasteiger partial charge in [0.1, 0.15) is 5.82 Å². The summed E-state index contributed by atoms with van der Waals surface area (Å²) >= 11 is 0. The summed E-state index contributed by atoms with van der Waals surface area (Å²) in [6.45, 7) is 6.30. The molecule has 0 aliphatic carbocycles. The smallest absolute Gasteiger partial charge is 0.229 e. The van der Waals surface area contributed by atoms with Gasteiger partial charge in [-0.1, -0.05) is 0 Å². The fraction of sp³-hybridized carbons (Fsp3) is 0.375. The number of nitrogens with zero attached hydrogens (tertiary/aromatic N) is 3. The molecule has 0 saturated carbocycles. The number of nitrogens with one attached hydrogen (secondary N) is 2. The molecule has 0 bridgehead atoms. The van der Waals surface area contributed by atoms with Gasteiger partial charge in [-0.2, -0.15) is 4.98 Å². The molecular formula is C16H23N5. The maximum Gasteiger partial charge on any atom is 0.229 e. The highest BCUT2D eigenvalue weighted by molar-refractivity contribution is 5.59. The lowest BCUT2D eigenvalue weighted by atomic mass is 10.1. The molecule has 0 amide bonds. The van der Waals surface area contributed by atoms with Gasteiger partial charge in [0.15, 0.2) is 0 Å². The standard InChI is InChI=1S/C16H23N5/c1-16(2,3)20-14-10-11-17-15(19-14)18-12-6-8-13(9-7-12)21(4)5/h6-11H,1-5H3,(H2,17,18,19,20). The first-order chi connectivity index (χ1) is 9.83. The van der Waals surface area contributed by atoms with Crippen molar-refractivity contribution in [3.63, 3.8) is 0 Å². The van der Waals surface area contributed by atoms with Crippen molar-refractivity contribution in [3.8, 4) is 0 Å². The Hall–Kier alpha value is -2.30. The number of aromatic nitrogens is 2. The number of anilines is 4. The third-order valence-corrected chi connectivity index (χ3v) is 2.80. The van der Waals surface area contributed by atoms with E-state index in [9.17, 15) is 0 Å². The molecule has 0 aliphatic rings. The van der Waals surface area contributed by atoms with Gasteiger partial charge in [0.2, 0.25) is 5.95 Å². The van der Waals surface area contributed by atoms with E-state index < -0.39 is 0 Å². The summed E-state index contributed by atoms with van der Waals surface area (Å²) in [5.74, 6) is 1.40. The van der Waals surface area contributed by atoms with Crippen molar-refractivity contribution >= 4 is 23.1 Å². The Balaban J connectivity index is 2.10. The van der Waals surface area contributed by atoms with Crippen LogP contribution in [-0.4, -0.2) is 29.6 Å². The van der Waals surface area contributed by atoms with Crippen LogP contribution in [0.15, 0.2) is 36.5 Å². The maximum absolute atomic E-state index is 4.47. The van der Waals surface area contributed by atoms with Gasteiger partial charge in [-0.05, 0) is 51.1 Å². The second-order valence-electron chi connectivity index (χ2n) is 6.21. The van der Waals surface area contributed by atoms with Crippen LogP contribution in [0.2, 0.25) is 0 Å².